The number of thioether (sulfide) groups is 1. The molecule has 0 radical (unpaired) electrons. The van der Waals surface area contributed by atoms with E-state index in [4.69, 9.17) is 4.74 Å². The van der Waals surface area contributed by atoms with Crippen LogP contribution in [0.1, 0.15) is 18.6 Å². The van der Waals surface area contributed by atoms with Crippen LogP contribution >= 0.6 is 11.8 Å². The standard InChI is InChI=1S/C20H22N2O5S2/c1-13(23)28-12-18(24)14-3-5-15(6-4-14)21-20(25)29(26)16-7-8-17-19(11-16)27-10-9-22(17)2/h3-8,11,18,24H,9-10,12H2,1-2H3,(H,21,25)/p+1. The molecule has 0 fully saturated rings. The summed E-state index contributed by atoms with van der Waals surface area (Å²) in [5, 5.41) is 12.0. The Kier molecular flexibility index (Phi) is 6.94. The van der Waals surface area contributed by atoms with Gasteiger partial charge >= 0.3 is 5.24 Å². The number of aliphatic hydroxyl groups is 1. The lowest BCUT2D eigenvalue weighted by atomic mass is 10.1. The van der Waals surface area contributed by atoms with E-state index in [0.717, 1.165) is 24.0 Å². The van der Waals surface area contributed by atoms with Gasteiger partial charge in [-0.1, -0.05) is 28.1 Å². The number of thiol groups is 1. The van der Waals surface area contributed by atoms with Crippen molar-refractivity contribution in [3.63, 3.8) is 0 Å². The summed E-state index contributed by atoms with van der Waals surface area (Å²) in [6.45, 7) is 2.76. The highest BCUT2D eigenvalue weighted by atomic mass is 32.2. The summed E-state index contributed by atoms with van der Waals surface area (Å²) in [6.07, 6.45) is -0.779. The fourth-order valence-electron chi connectivity index (χ4n) is 2.85. The van der Waals surface area contributed by atoms with Gasteiger partial charge in [-0.05, 0) is 29.8 Å². The molecule has 0 saturated heterocycles. The van der Waals surface area contributed by atoms with Crippen molar-refractivity contribution in [3.8, 4) is 5.75 Å². The number of likely N-dealkylation sites (N-methyl/N-ethyl adjacent to an activating group) is 1. The van der Waals surface area contributed by atoms with Crippen molar-refractivity contribution in [3.05, 3.63) is 48.0 Å². The van der Waals surface area contributed by atoms with Crippen LogP contribution in [0.15, 0.2) is 47.4 Å². The van der Waals surface area contributed by atoms with Crippen molar-refractivity contribution < 1.29 is 23.6 Å². The Morgan fingerprint density at radius 3 is 2.69 bits per heavy atom. The molecule has 2 aromatic carbocycles. The fourth-order valence-corrected chi connectivity index (χ4v) is 4.34. The van der Waals surface area contributed by atoms with E-state index in [1.807, 2.05) is 11.9 Å². The molecule has 1 aliphatic heterocycles. The van der Waals surface area contributed by atoms with Crippen molar-refractivity contribution in [1.29, 1.82) is 0 Å². The number of nitrogens with zero attached hydrogens (tertiary/aromatic N) is 1. The molecule has 154 valence electrons. The van der Waals surface area contributed by atoms with Gasteiger partial charge in [0.05, 0.1) is 18.3 Å². The third-order valence-electron chi connectivity index (χ3n) is 4.45. The van der Waals surface area contributed by atoms with Crippen LogP contribution < -0.4 is 15.0 Å². The minimum Gasteiger partial charge on any atom is -0.489 e. The average Bonchev–Trinajstić information content (AvgIpc) is 2.71. The zero-order valence-corrected chi connectivity index (χ0v) is 17.8. The van der Waals surface area contributed by atoms with Crippen molar-refractivity contribution in [2.45, 2.75) is 17.9 Å². The van der Waals surface area contributed by atoms with Gasteiger partial charge in [0.25, 0.3) is 0 Å². The number of amides is 1. The molecule has 9 heteroatoms. The van der Waals surface area contributed by atoms with Crippen LogP contribution in [0.2, 0.25) is 0 Å². The van der Waals surface area contributed by atoms with E-state index in [1.54, 1.807) is 42.5 Å². The molecular weight excluding hydrogens is 412 g/mol. The van der Waals surface area contributed by atoms with Gasteiger partial charge in [-0.3, -0.25) is 10.1 Å². The highest BCUT2D eigenvalue weighted by molar-refractivity contribution is 8.13. The van der Waals surface area contributed by atoms with E-state index in [1.165, 1.54) is 6.92 Å². The maximum absolute atomic E-state index is 12.6. The topological polar surface area (TPSA) is 95.9 Å². The summed E-state index contributed by atoms with van der Waals surface area (Å²) in [4.78, 5) is 25.8. The molecule has 2 atom stereocenters. The molecule has 29 heavy (non-hydrogen) atoms. The summed E-state index contributed by atoms with van der Waals surface area (Å²) in [7, 11) is -0.360. The Hall–Kier alpha value is -2.36. The molecule has 0 saturated carbocycles. The number of anilines is 2. The molecule has 0 aliphatic carbocycles. The zero-order chi connectivity index (χ0) is 21.0. The van der Waals surface area contributed by atoms with Crippen LogP contribution in [0.3, 0.4) is 0 Å². The molecule has 7 nitrogen and oxygen atoms in total. The highest BCUT2D eigenvalue weighted by Crippen LogP contribution is 2.32. The predicted octanol–water partition coefficient (Wildman–Crippen LogP) is 3.12. The van der Waals surface area contributed by atoms with Crippen LogP contribution in [0, 0.1) is 0 Å². The number of rotatable bonds is 5. The van der Waals surface area contributed by atoms with E-state index < -0.39 is 22.1 Å². The van der Waals surface area contributed by atoms with E-state index in [2.05, 4.69) is 5.32 Å². The Labute approximate surface area is 175 Å². The number of ether oxygens (including phenoxy) is 1. The summed E-state index contributed by atoms with van der Waals surface area (Å²) in [6, 6.07) is 11.7. The lowest BCUT2D eigenvalue weighted by Gasteiger charge is -2.27. The number of hydrogen-bond acceptors (Lipinski definition) is 7. The minimum atomic E-state index is -2.31. The molecule has 0 aromatic heterocycles. The van der Waals surface area contributed by atoms with Gasteiger partial charge in [0, 0.05) is 31.5 Å². The predicted molar refractivity (Wildman–Crippen MR) is 116 cm³/mol. The second-order valence-electron chi connectivity index (χ2n) is 6.59. The molecule has 0 spiro atoms. The normalized spacial score (nSPS) is 15.1. The van der Waals surface area contributed by atoms with Crippen molar-refractivity contribution in [2.24, 2.45) is 0 Å². The van der Waals surface area contributed by atoms with Crippen molar-refractivity contribution in [2.75, 3.05) is 36.2 Å². The van der Waals surface area contributed by atoms with Gasteiger partial charge in [0.1, 0.15) is 12.4 Å². The number of carbonyl (C=O) groups is 2. The first-order chi connectivity index (χ1) is 13.8. The number of benzene rings is 2. The Morgan fingerprint density at radius 2 is 2.00 bits per heavy atom. The molecule has 2 aromatic rings. The highest BCUT2D eigenvalue weighted by Gasteiger charge is 2.25. The summed E-state index contributed by atoms with van der Waals surface area (Å²) in [5.41, 5.74) is 2.01. The maximum Gasteiger partial charge on any atom is 0.439 e. The molecule has 2 unspecified atom stereocenters. The first-order valence-electron chi connectivity index (χ1n) is 9.03. The van der Waals surface area contributed by atoms with Crippen LogP contribution in [0.25, 0.3) is 0 Å². The average molecular weight is 436 g/mol. The van der Waals surface area contributed by atoms with Gasteiger partial charge in [-0.25, -0.2) is 4.79 Å². The number of fused-ring (bicyclic) bond motifs is 1. The Bertz CT molecular complexity index is 933. The molecule has 0 bridgehead atoms. The zero-order valence-electron chi connectivity index (χ0n) is 16.1. The van der Waals surface area contributed by atoms with Gasteiger partial charge < -0.3 is 14.7 Å². The molecule has 1 aliphatic rings. The lowest BCUT2D eigenvalue weighted by molar-refractivity contribution is -0.109. The van der Waals surface area contributed by atoms with Crippen LogP contribution in [-0.2, 0) is 19.8 Å². The third kappa shape index (κ3) is 5.37. The Morgan fingerprint density at radius 1 is 1.28 bits per heavy atom. The molecule has 1 heterocycles. The quantitative estimate of drug-likeness (QED) is 0.550. The summed E-state index contributed by atoms with van der Waals surface area (Å²) in [5.74, 6) is 0.886. The lowest BCUT2D eigenvalue weighted by Crippen LogP contribution is -2.28. The molecule has 1 amide bonds. The van der Waals surface area contributed by atoms with E-state index in [-0.39, 0.29) is 10.9 Å². The Balaban J connectivity index is 1.64. The molecular formula is C20H23N2O5S2+. The van der Waals surface area contributed by atoms with Gasteiger partial charge in [0.2, 0.25) is 0 Å². The van der Waals surface area contributed by atoms with Crippen LogP contribution in [0.4, 0.5) is 16.2 Å². The fraction of sp³-hybridized carbons (Fsp3) is 0.300. The van der Waals surface area contributed by atoms with E-state index in [9.17, 15) is 18.9 Å². The number of carbonyl (C=O) groups excluding carboxylic acids is 2. The minimum absolute atomic E-state index is 0.0593. The number of nitrogens with one attached hydrogen (secondary N) is 1. The number of hydrogen-bond donors (Lipinski definition) is 2. The SMILES string of the molecule is CC(=O)SCC(O)c1ccc(NC(=O)[SH+](=O)c2ccc3c(c2)OCCN3C)cc1. The third-order valence-corrected chi connectivity index (χ3v) is 6.57. The number of aliphatic hydroxyl groups excluding tert-OH is 1. The van der Waals surface area contributed by atoms with Crippen molar-refractivity contribution in [1.82, 2.24) is 0 Å². The van der Waals surface area contributed by atoms with E-state index in [0.29, 0.717) is 28.5 Å². The first-order valence-corrected chi connectivity index (χ1v) is 11.3. The van der Waals surface area contributed by atoms with Crippen LogP contribution in [-0.4, -0.2) is 41.4 Å². The molecule has 3 rings (SSSR count). The molecule has 2 N–H and O–H groups in total. The monoisotopic (exact) mass is 435 g/mol. The second kappa shape index (κ2) is 9.43. The van der Waals surface area contributed by atoms with Gasteiger partial charge in [-0.2, -0.15) is 0 Å². The summed E-state index contributed by atoms with van der Waals surface area (Å²) < 4.78 is 18.2. The first kappa shape index (κ1) is 21.4. The smallest absolute Gasteiger partial charge is 0.439 e. The largest absolute Gasteiger partial charge is 0.489 e. The van der Waals surface area contributed by atoms with E-state index >= 15 is 0 Å². The van der Waals surface area contributed by atoms with Crippen molar-refractivity contribution >= 4 is 44.3 Å². The maximum atomic E-state index is 12.6. The summed E-state index contributed by atoms with van der Waals surface area (Å²) >= 11 is 1.05. The van der Waals surface area contributed by atoms with Gasteiger partial charge in [-0.15, -0.1) is 0 Å². The van der Waals surface area contributed by atoms with Gasteiger partial charge in [0.15, 0.2) is 20.8 Å². The van der Waals surface area contributed by atoms with Crippen LogP contribution in [0.5, 0.6) is 5.75 Å². The second-order valence-corrected chi connectivity index (χ2v) is 9.30.